The zero-order chi connectivity index (χ0) is 10.3. The summed E-state index contributed by atoms with van der Waals surface area (Å²) >= 11 is 0. The molecule has 0 unspecified atom stereocenters. The molecule has 0 aliphatic heterocycles. The van der Waals surface area contributed by atoms with E-state index in [4.69, 9.17) is 0 Å². The molecule has 3 aromatic rings. The van der Waals surface area contributed by atoms with Gasteiger partial charge in [-0.05, 0) is 18.2 Å². The maximum Gasteiger partial charge on any atom is 0.130 e. The number of hydrogen-bond donors (Lipinski definition) is 1. The van der Waals surface area contributed by atoms with E-state index in [2.05, 4.69) is 25.1 Å². The third-order valence-corrected chi connectivity index (χ3v) is 1.68. The first-order chi connectivity index (χ1) is 7.47. The molecule has 0 aromatic carbocycles. The second-order valence-electron chi connectivity index (χ2n) is 2.71. The van der Waals surface area contributed by atoms with Crippen molar-refractivity contribution in [2.45, 2.75) is 0 Å². The van der Waals surface area contributed by atoms with Gasteiger partial charge in [0.1, 0.15) is 11.8 Å². The maximum absolute atomic E-state index is 3.97. The summed E-state index contributed by atoms with van der Waals surface area (Å²) in [6.07, 6.45) is 8.48. The average molecular weight is 199 g/mol. The highest BCUT2D eigenvalue weighted by Gasteiger charge is 1.90. The predicted molar refractivity (Wildman–Crippen MR) is 55.9 cm³/mol. The fourth-order valence-corrected chi connectivity index (χ4v) is 1.01. The summed E-state index contributed by atoms with van der Waals surface area (Å²) in [4.78, 5) is 10.6. The number of rotatable bonds is 0. The van der Waals surface area contributed by atoms with Crippen LogP contribution in [0.2, 0.25) is 0 Å². The molecule has 0 saturated carbocycles. The van der Waals surface area contributed by atoms with Crippen LogP contribution in [-0.2, 0) is 0 Å². The van der Waals surface area contributed by atoms with Crippen molar-refractivity contribution in [1.29, 1.82) is 0 Å². The summed E-state index contributed by atoms with van der Waals surface area (Å²) in [7, 11) is 0. The van der Waals surface area contributed by atoms with E-state index in [1.807, 2.05) is 24.5 Å². The van der Waals surface area contributed by atoms with Crippen molar-refractivity contribution in [2.24, 2.45) is 0 Å². The Labute approximate surface area is 86.2 Å². The highest BCUT2D eigenvalue weighted by molar-refractivity contribution is 5.70. The number of aromatic amines is 1. The Bertz CT molecular complexity index is 423. The normalized spacial score (nSPS) is 9.33. The van der Waals surface area contributed by atoms with E-state index < -0.39 is 0 Å². The first-order valence-corrected chi connectivity index (χ1v) is 4.42. The fraction of sp³-hybridized carbons (Fsp3) is 0. The summed E-state index contributed by atoms with van der Waals surface area (Å²) in [6.45, 7) is 0. The van der Waals surface area contributed by atoms with Crippen LogP contribution in [0.15, 0.2) is 49.3 Å². The highest BCUT2D eigenvalue weighted by Crippen LogP contribution is 2.00. The van der Waals surface area contributed by atoms with Crippen molar-refractivity contribution in [3.8, 4) is 0 Å². The lowest BCUT2D eigenvalue weighted by Gasteiger charge is -1.88. The van der Waals surface area contributed by atoms with Crippen molar-refractivity contribution < 1.29 is 0 Å². The molecule has 0 fully saturated rings. The molecule has 0 aliphatic carbocycles. The minimum Gasteiger partial charge on any atom is -0.368 e. The molecule has 1 N–H and O–H groups in total. The van der Waals surface area contributed by atoms with Gasteiger partial charge in [-0.3, -0.25) is 0 Å². The molecule has 0 spiro atoms. The van der Waals surface area contributed by atoms with Gasteiger partial charge >= 0.3 is 0 Å². The Kier molecular flexibility index (Phi) is 2.97. The number of hydrogen-bond acceptors (Lipinski definition) is 4. The third kappa shape index (κ3) is 2.57. The van der Waals surface area contributed by atoms with Gasteiger partial charge in [-0.1, -0.05) is 0 Å². The molecule has 3 rings (SSSR count). The lowest BCUT2D eigenvalue weighted by Crippen LogP contribution is -1.85. The molecule has 0 saturated heterocycles. The second kappa shape index (κ2) is 4.80. The zero-order valence-corrected chi connectivity index (χ0v) is 7.91. The maximum atomic E-state index is 3.97. The SMILES string of the molecule is c1cc2ncncc2nn1.c1cc[nH]c1. The van der Waals surface area contributed by atoms with Gasteiger partial charge in [-0.2, -0.15) is 5.10 Å². The van der Waals surface area contributed by atoms with Crippen LogP contribution in [0.4, 0.5) is 0 Å². The Hall–Kier alpha value is -2.30. The predicted octanol–water partition coefficient (Wildman–Crippen LogP) is 1.43. The minimum atomic E-state index is 0.727. The highest BCUT2D eigenvalue weighted by atomic mass is 15.1. The molecule has 0 radical (unpaired) electrons. The van der Waals surface area contributed by atoms with Gasteiger partial charge in [0.05, 0.1) is 17.9 Å². The van der Waals surface area contributed by atoms with Crippen LogP contribution in [-0.4, -0.2) is 25.1 Å². The van der Waals surface area contributed by atoms with Gasteiger partial charge in [0.15, 0.2) is 0 Å². The number of nitrogens with one attached hydrogen (secondary N) is 1. The fourth-order valence-electron chi connectivity index (χ4n) is 1.01. The molecule has 74 valence electrons. The van der Waals surface area contributed by atoms with Crippen molar-refractivity contribution >= 4 is 11.0 Å². The van der Waals surface area contributed by atoms with Gasteiger partial charge in [0.2, 0.25) is 0 Å². The van der Waals surface area contributed by atoms with Crippen molar-refractivity contribution in [1.82, 2.24) is 25.1 Å². The Morgan fingerprint density at radius 1 is 1.07 bits per heavy atom. The molecular formula is C10H9N5. The van der Waals surface area contributed by atoms with Gasteiger partial charge in [0, 0.05) is 12.4 Å². The van der Waals surface area contributed by atoms with Crippen LogP contribution in [0.5, 0.6) is 0 Å². The van der Waals surface area contributed by atoms with Crippen molar-refractivity contribution in [2.75, 3.05) is 0 Å². The first-order valence-electron chi connectivity index (χ1n) is 4.42. The summed E-state index contributed by atoms with van der Waals surface area (Å²) in [5.41, 5.74) is 1.55. The van der Waals surface area contributed by atoms with Gasteiger partial charge in [0.25, 0.3) is 0 Å². The molecule has 5 heteroatoms. The summed E-state index contributed by atoms with van der Waals surface area (Å²) < 4.78 is 0. The molecular weight excluding hydrogens is 190 g/mol. The van der Waals surface area contributed by atoms with Crippen molar-refractivity contribution in [3.63, 3.8) is 0 Å². The molecule has 0 atom stereocenters. The second-order valence-corrected chi connectivity index (χ2v) is 2.71. The van der Waals surface area contributed by atoms with E-state index >= 15 is 0 Å². The molecule has 0 aliphatic rings. The van der Waals surface area contributed by atoms with Gasteiger partial charge in [-0.25, -0.2) is 9.97 Å². The number of aromatic nitrogens is 5. The monoisotopic (exact) mass is 199 g/mol. The number of H-pyrrole nitrogens is 1. The number of fused-ring (bicyclic) bond motifs is 1. The zero-order valence-electron chi connectivity index (χ0n) is 7.91. The third-order valence-electron chi connectivity index (χ3n) is 1.68. The Balaban J connectivity index is 0.000000144. The number of nitrogens with zero attached hydrogens (tertiary/aromatic N) is 4. The van der Waals surface area contributed by atoms with Gasteiger partial charge in [-0.15, -0.1) is 5.10 Å². The molecule has 0 bridgehead atoms. The van der Waals surface area contributed by atoms with E-state index in [9.17, 15) is 0 Å². The standard InChI is InChI=1S/C6H4N4.C4H5N/c1-2-9-10-6-3-7-4-8-5(1)6;1-2-4-5-3-1/h1-4H;1-5H. The quantitative estimate of drug-likeness (QED) is 0.594. The van der Waals surface area contributed by atoms with Crippen LogP contribution in [0.25, 0.3) is 11.0 Å². The summed E-state index contributed by atoms with van der Waals surface area (Å²) in [6, 6.07) is 5.68. The molecule has 15 heavy (non-hydrogen) atoms. The summed E-state index contributed by atoms with van der Waals surface area (Å²) in [5, 5.41) is 7.49. The van der Waals surface area contributed by atoms with Gasteiger partial charge < -0.3 is 4.98 Å². The molecule has 0 amide bonds. The van der Waals surface area contributed by atoms with Crippen LogP contribution in [0, 0.1) is 0 Å². The topological polar surface area (TPSA) is 67.3 Å². The van der Waals surface area contributed by atoms with E-state index in [-0.39, 0.29) is 0 Å². The smallest absolute Gasteiger partial charge is 0.130 e. The van der Waals surface area contributed by atoms with Crippen molar-refractivity contribution in [3.05, 3.63) is 49.3 Å². The minimum absolute atomic E-state index is 0.727. The van der Waals surface area contributed by atoms with E-state index in [0.29, 0.717) is 0 Å². The lowest BCUT2D eigenvalue weighted by molar-refractivity contribution is 1.05. The van der Waals surface area contributed by atoms with Crippen LogP contribution >= 0.6 is 0 Å². The average Bonchev–Trinajstić information content (AvgIpc) is 2.88. The largest absolute Gasteiger partial charge is 0.368 e. The molecule has 3 heterocycles. The molecule has 3 aromatic heterocycles. The first kappa shape index (κ1) is 9.26. The van der Waals surface area contributed by atoms with Crippen LogP contribution in [0.3, 0.4) is 0 Å². The summed E-state index contributed by atoms with van der Waals surface area (Å²) in [5.74, 6) is 0. The Morgan fingerprint density at radius 2 is 1.93 bits per heavy atom. The Morgan fingerprint density at radius 3 is 2.60 bits per heavy atom. The van der Waals surface area contributed by atoms with Crippen LogP contribution in [0.1, 0.15) is 0 Å². The van der Waals surface area contributed by atoms with E-state index in [1.165, 1.54) is 6.33 Å². The van der Waals surface area contributed by atoms with Crippen LogP contribution < -0.4 is 0 Å². The van der Waals surface area contributed by atoms with E-state index in [0.717, 1.165) is 11.0 Å². The lowest BCUT2D eigenvalue weighted by atomic mass is 10.4. The van der Waals surface area contributed by atoms with E-state index in [1.54, 1.807) is 18.5 Å². The molecule has 5 nitrogen and oxygen atoms in total.